The van der Waals surface area contributed by atoms with Crippen molar-refractivity contribution in [1.82, 2.24) is 9.21 Å². The van der Waals surface area contributed by atoms with Gasteiger partial charge in [-0.1, -0.05) is 11.6 Å². The van der Waals surface area contributed by atoms with E-state index < -0.39 is 10.0 Å². The molecule has 0 unspecified atom stereocenters. The first kappa shape index (κ1) is 20.4. The lowest BCUT2D eigenvalue weighted by molar-refractivity contribution is 0.189. The summed E-state index contributed by atoms with van der Waals surface area (Å²) in [6, 6.07) is 3.56. The second-order valence-electron chi connectivity index (χ2n) is 7.69. The third-order valence-corrected chi connectivity index (χ3v) is 7.78. The molecule has 0 N–H and O–H groups in total. The summed E-state index contributed by atoms with van der Waals surface area (Å²) in [7, 11) is -2.00. The minimum absolute atomic E-state index is 0.286. The van der Waals surface area contributed by atoms with Crippen molar-refractivity contribution in [3.63, 3.8) is 0 Å². The fourth-order valence-electron chi connectivity index (χ4n) is 3.89. The molecule has 0 spiro atoms. The van der Waals surface area contributed by atoms with Crippen LogP contribution in [0.4, 0.5) is 0 Å². The summed E-state index contributed by atoms with van der Waals surface area (Å²) >= 11 is 0. The number of methoxy groups -OCH3 is 1. The van der Waals surface area contributed by atoms with Crippen LogP contribution < -0.4 is 4.74 Å². The Kier molecular flexibility index (Phi) is 6.61. The zero-order valence-corrected chi connectivity index (χ0v) is 17.6. The minimum Gasteiger partial charge on any atom is -0.495 e. The smallest absolute Gasteiger partial charge is 0.246 e. The molecular weight excluding hydrogens is 360 g/mol. The van der Waals surface area contributed by atoms with Crippen LogP contribution in [-0.4, -0.2) is 57.5 Å². The van der Waals surface area contributed by atoms with Crippen LogP contribution in [0.25, 0.3) is 0 Å². The molecule has 150 valence electrons. The molecule has 27 heavy (non-hydrogen) atoms. The lowest BCUT2D eigenvalue weighted by Crippen LogP contribution is -2.48. The molecule has 0 saturated carbocycles. The van der Waals surface area contributed by atoms with E-state index in [0.717, 1.165) is 37.2 Å². The van der Waals surface area contributed by atoms with Gasteiger partial charge in [-0.25, -0.2) is 8.42 Å². The summed E-state index contributed by atoms with van der Waals surface area (Å²) in [5, 5.41) is 0. The monoisotopic (exact) mass is 392 g/mol. The number of hydrogen-bond acceptors (Lipinski definition) is 4. The van der Waals surface area contributed by atoms with E-state index in [2.05, 4.69) is 11.0 Å². The normalized spacial score (nSPS) is 19.7. The second-order valence-corrected chi connectivity index (χ2v) is 9.60. The van der Waals surface area contributed by atoms with E-state index in [1.807, 2.05) is 19.9 Å². The summed E-state index contributed by atoms with van der Waals surface area (Å²) in [5.74, 6) is 0.435. The highest BCUT2D eigenvalue weighted by Gasteiger charge is 2.31. The fraction of sp³-hybridized carbons (Fsp3) is 0.619. The van der Waals surface area contributed by atoms with E-state index in [1.165, 1.54) is 32.8 Å². The number of ether oxygens (including phenoxy) is 1. The number of rotatable bonds is 6. The molecule has 0 aromatic heterocycles. The highest BCUT2D eigenvalue weighted by atomic mass is 32.2. The van der Waals surface area contributed by atoms with Crippen LogP contribution in [-0.2, 0) is 10.0 Å². The molecule has 6 heteroatoms. The van der Waals surface area contributed by atoms with E-state index in [0.29, 0.717) is 18.8 Å². The highest BCUT2D eigenvalue weighted by Crippen LogP contribution is 2.30. The molecular formula is C21H32N2O3S. The number of allylic oxidation sites excluding steroid dienone is 1. The van der Waals surface area contributed by atoms with Crippen LogP contribution in [0.15, 0.2) is 28.7 Å². The summed E-state index contributed by atoms with van der Waals surface area (Å²) in [6.07, 6.45) is 8.62. The van der Waals surface area contributed by atoms with E-state index in [1.54, 1.807) is 15.9 Å². The topological polar surface area (TPSA) is 49.9 Å². The third-order valence-electron chi connectivity index (χ3n) is 5.86. The van der Waals surface area contributed by atoms with Gasteiger partial charge in [0.25, 0.3) is 0 Å². The molecule has 1 saturated heterocycles. The summed E-state index contributed by atoms with van der Waals surface area (Å²) in [6.45, 7) is 7.60. The van der Waals surface area contributed by atoms with Gasteiger partial charge in [0.15, 0.2) is 0 Å². The Morgan fingerprint density at radius 3 is 2.37 bits per heavy atom. The van der Waals surface area contributed by atoms with E-state index in [-0.39, 0.29) is 4.90 Å². The van der Waals surface area contributed by atoms with Crippen molar-refractivity contribution < 1.29 is 13.2 Å². The Hall–Kier alpha value is -1.37. The predicted molar refractivity (Wildman–Crippen MR) is 109 cm³/mol. The van der Waals surface area contributed by atoms with Crippen molar-refractivity contribution >= 4 is 10.0 Å². The molecule has 0 bridgehead atoms. The maximum Gasteiger partial charge on any atom is 0.246 e. The van der Waals surface area contributed by atoms with Crippen LogP contribution in [0.2, 0.25) is 0 Å². The number of nitrogens with zero attached hydrogens (tertiary/aromatic N) is 2. The van der Waals surface area contributed by atoms with Crippen LogP contribution in [0.1, 0.15) is 43.2 Å². The molecule has 1 aliphatic carbocycles. The summed E-state index contributed by atoms with van der Waals surface area (Å²) in [4.78, 5) is 2.67. The largest absolute Gasteiger partial charge is 0.495 e. The highest BCUT2D eigenvalue weighted by molar-refractivity contribution is 7.89. The maximum absolute atomic E-state index is 13.2. The first-order chi connectivity index (χ1) is 12.9. The maximum atomic E-state index is 13.2. The number of sulfonamides is 1. The number of benzene rings is 1. The van der Waals surface area contributed by atoms with Gasteiger partial charge < -0.3 is 9.64 Å². The van der Waals surface area contributed by atoms with Crippen molar-refractivity contribution in [2.75, 3.05) is 39.8 Å². The first-order valence-corrected chi connectivity index (χ1v) is 11.4. The first-order valence-electron chi connectivity index (χ1n) is 9.97. The van der Waals surface area contributed by atoms with E-state index in [4.69, 9.17) is 4.74 Å². The molecule has 2 aliphatic rings. The molecule has 0 amide bonds. The molecule has 1 fully saturated rings. The van der Waals surface area contributed by atoms with Gasteiger partial charge in [-0.15, -0.1) is 0 Å². The van der Waals surface area contributed by atoms with Gasteiger partial charge in [0.1, 0.15) is 10.6 Å². The van der Waals surface area contributed by atoms with Crippen molar-refractivity contribution in [1.29, 1.82) is 0 Å². The van der Waals surface area contributed by atoms with Gasteiger partial charge in [-0.3, -0.25) is 0 Å². The van der Waals surface area contributed by atoms with Crippen molar-refractivity contribution in [2.45, 2.75) is 50.8 Å². The van der Waals surface area contributed by atoms with Gasteiger partial charge in [0.2, 0.25) is 10.0 Å². The Bertz CT molecular complexity index is 794. The third kappa shape index (κ3) is 4.73. The van der Waals surface area contributed by atoms with Gasteiger partial charge in [-0.2, -0.15) is 4.31 Å². The Morgan fingerprint density at radius 1 is 1.04 bits per heavy atom. The molecule has 1 aromatic rings. The molecule has 0 radical (unpaired) electrons. The van der Waals surface area contributed by atoms with E-state index in [9.17, 15) is 8.42 Å². The van der Waals surface area contributed by atoms with Crippen LogP contribution >= 0.6 is 0 Å². The number of hydrogen-bond donors (Lipinski definition) is 0. The summed E-state index contributed by atoms with van der Waals surface area (Å²) in [5.41, 5.74) is 3.58. The lowest BCUT2D eigenvalue weighted by Gasteiger charge is -2.34. The van der Waals surface area contributed by atoms with Gasteiger partial charge in [-0.05, 0) is 69.2 Å². The standard InChI is InChI=1S/C21H32N2O3S/c1-17-15-20(26-3)21(16-18(17)2)27(24,25)23-13-11-22(12-14-23)10-9-19-7-5-4-6-8-19/h7,15-16H,4-6,8-14H2,1-3H3. The Balaban J connectivity index is 1.63. The van der Waals surface area contributed by atoms with Crippen LogP contribution in [0, 0.1) is 13.8 Å². The van der Waals surface area contributed by atoms with Crippen LogP contribution in [0.5, 0.6) is 5.75 Å². The fourth-order valence-corrected chi connectivity index (χ4v) is 5.53. The van der Waals surface area contributed by atoms with Gasteiger partial charge in [0, 0.05) is 32.7 Å². The minimum atomic E-state index is -3.53. The molecule has 1 heterocycles. The quantitative estimate of drug-likeness (QED) is 0.695. The molecule has 5 nitrogen and oxygen atoms in total. The van der Waals surface area contributed by atoms with Crippen molar-refractivity contribution in [3.8, 4) is 5.75 Å². The van der Waals surface area contributed by atoms with Crippen LogP contribution in [0.3, 0.4) is 0 Å². The van der Waals surface area contributed by atoms with Gasteiger partial charge in [0.05, 0.1) is 7.11 Å². The van der Waals surface area contributed by atoms with Crippen molar-refractivity contribution in [3.05, 3.63) is 34.9 Å². The molecule has 1 aliphatic heterocycles. The Labute approximate surface area is 164 Å². The Morgan fingerprint density at radius 2 is 1.74 bits per heavy atom. The molecule has 3 rings (SSSR count). The molecule has 1 aromatic carbocycles. The van der Waals surface area contributed by atoms with E-state index >= 15 is 0 Å². The zero-order valence-electron chi connectivity index (χ0n) is 16.8. The molecule has 0 atom stereocenters. The number of aryl methyl sites for hydroxylation is 2. The van der Waals surface area contributed by atoms with Crippen molar-refractivity contribution in [2.24, 2.45) is 0 Å². The summed E-state index contributed by atoms with van der Waals surface area (Å²) < 4.78 is 33.3. The zero-order chi connectivity index (χ0) is 19.4. The second kappa shape index (κ2) is 8.76. The predicted octanol–water partition coefficient (Wildman–Crippen LogP) is 3.51. The average molecular weight is 393 g/mol. The van der Waals surface area contributed by atoms with Gasteiger partial charge >= 0.3 is 0 Å². The lowest BCUT2D eigenvalue weighted by atomic mass is 9.97. The average Bonchev–Trinajstić information content (AvgIpc) is 2.69. The SMILES string of the molecule is COc1cc(C)c(C)cc1S(=O)(=O)N1CCN(CCC2=CCCCC2)CC1. The number of piperazine rings is 1.